The van der Waals surface area contributed by atoms with Crippen molar-refractivity contribution < 1.29 is 24.2 Å². The van der Waals surface area contributed by atoms with Crippen molar-refractivity contribution in [2.45, 2.75) is 50.9 Å². The van der Waals surface area contributed by atoms with Crippen LogP contribution in [0.5, 0.6) is 5.75 Å². The molecular weight excluding hydrogens is 564 g/mol. The number of aliphatic hydroxyl groups is 1. The molecule has 2 amide bonds. The Kier molecular flexibility index (Phi) is 8.25. The van der Waals surface area contributed by atoms with E-state index in [2.05, 4.69) is 32.9 Å². The highest BCUT2D eigenvalue weighted by Crippen LogP contribution is 2.59. The van der Waals surface area contributed by atoms with Crippen molar-refractivity contribution in [3.63, 3.8) is 0 Å². The van der Waals surface area contributed by atoms with Gasteiger partial charge in [0.05, 0.1) is 25.4 Å². The van der Waals surface area contributed by atoms with Crippen molar-refractivity contribution in [2.24, 2.45) is 11.8 Å². The highest BCUT2D eigenvalue weighted by molar-refractivity contribution is 6.07. The molecule has 6 rings (SSSR count). The number of rotatable bonds is 10. The molecule has 232 valence electrons. The van der Waals surface area contributed by atoms with Gasteiger partial charge in [0.2, 0.25) is 6.41 Å². The number of hydrogen-bond acceptors (Lipinski definition) is 5. The van der Waals surface area contributed by atoms with Crippen LogP contribution in [0.2, 0.25) is 0 Å². The van der Waals surface area contributed by atoms with E-state index in [9.17, 15) is 14.7 Å². The first-order valence-electron chi connectivity index (χ1n) is 15.5. The molecule has 0 aromatic heterocycles. The van der Waals surface area contributed by atoms with Crippen molar-refractivity contribution >= 4 is 29.4 Å². The molecule has 1 N–H and O–H groups in total. The zero-order chi connectivity index (χ0) is 31.8. The van der Waals surface area contributed by atoms with E-state index in [4.69, 9.17) is 9.47 Å². The summed E-state index contributed by atoms with van der Waals surface area (Å²) in [5, 5.41) is 10.1. The molecule has 1 saturated heterocycles. The molecule has 1 fully saturated rings. The summed E-state index contributed by atoms with van der Waals surface area (Å²) >= 11 is 0. The number of hydrogen-bond donors (Lipinski definition) is 1. The van der Waals surface area contributed by atoms with E-state index in [1.807, 2.05) is 95.9 Å². The zero-order valence-corrected chi connectivity index (χ0v) is 26.2. The number of amides is 2. The third-order valence-corrected chi connectivity index (χ3v) is 9.85. The number of fused-ring (bicyclic) bond motifs is 2. The lowest BCUT2D eigenvalue weighted by Gasteiger charge is -2.38. The van der Waals surface area contributed by atoms with Crippen molar-refractivity contribution in [1.82, 2.24) is 0 Å². The Hall–Kier alpha value is -4.46. The number of carbonyl (C=O) groups is 2. The third kappa shape index (κ3) is 5.10. The summed E-state index contributed by atoms with van der Waals surface area (Å²) in [5.74, 6) is 0.465. The van der Waals surface area contributed by atoms with Gasteiger partial charge >= 0.3 is 0 Å². The average Bonchev–Trinajstić information content (AvgIpc) is 3.49. The van der Waals surface area contributed by atoms with E-state index in [1.54, 1.807) is 12.0 Å². The second-order valence-electron chi connectivity index (χ2n) is 12.6. The van der Waals surface area contributed by atoms with Crippen molar-refractivity contribution in [3.8, 4) is 5.75 Å². The summed E-state index contributed by atoms with van der Waals surface area (Å²) in [5.41, 5.74) is 3.75. The van der Waals surface area contributed by atoms with Gasteiger partial charge in [-0.25, -0.2) is 0 Å². The van der Waals surface area contributed by atoms with Gasteiger partial charge in [-0.15, -0.1) is 0 Å². The van der Waals surface area contributed by atoms with Crippen molar-refractivity contribution in [1.29, 1.82) is 0 Å². The summed E-state index contributed by atoms with van der Waals surface area (Å²) in [4.78, 5) is 30.1. The molecule has 4 atom stereocenters. The topological polar surface area (TPSA) is 79.3 Å². The van der Waals surface area contributed by atoms with Gasteiger partial charge in [-0.2, -0.15) is 0 Å². The Labute approximate surface area is 265 Å². The van der Waals surface area contributed by atoms with E-state index in [1.165, 1.54) is 0 Å². The van der Waals surface area contributed by atoms with E-state index in [0.29, 0.717) is 13.0 Å². The Bertz CT molecular complexity index is 1650. The lowest BCUT2D eigenvalue weighted by molar-refractivity contribution is -0.146. The highest BCUT2D eigenvalue weighted by atomic mass is 16.5. The van der Waals surface area contributed by atoms with Gasteiger partial charge in [-0.1, -0.05) is 81.4 Å². The molecular formula is C38H40N2O5. The monoisotopic (exact) mass is 604 g/mol. The van der Waals surface area contributed by atoms with Crippen LogP contribution in [0.4, 0.5) is 17.1 Å². The maximum atomic E-state index is 14.7. The Morgan fingerprint density at radius 3 is 2.22 bits per heavy atom. The van der Waals surface area contributed by atoms with Gasteiger partial charge in [0.25, 0.3) is 5.91 Å². The van der Waals surface area contributed by atoms with Crippen LogP contribution in [0.25, 0.3) is 0 Å². The third-order valence-electron chi connectivity index (χ3n) is 9.85. The minimum absolute atomic E-state index is 0.0324. The van der Waals surface area contributed by atoms with Crippen LogP contribution < -0.4 is 14.5 Å². The molecule has 45 heavy (non-hydrogen) atoms. The molecule has 0 aliphatic carbocycles. The predicted octanol–water partition coefficient (Wildman–Crippen LogP) is 6.74. The van der Waals surface area contributed by atoms with E-state index >= 15 is 0 Å². The van der Waals surface area contributed by atoms with E-state index in [0.717, 1.165) is 45.9 Å². The first-order chi connectivity index (χ1) is 21.8. The number of nitrogens with zero attached hydrogens (tertiary/aromatic N) is 2. The van der Waals surface area contributed by atoms with Crippen LogP contribution in [0.15, 0.2) is 103 Å². The number of anilines is 3. The molecule has 2 heterocycles. The lowest BCUT2D eigenvalue weighted by Crippen LogP contribution is -2.45. The minimum atomic E-state index is -1.17. The largest absolute Gasteiger partial charge is 0.497 e. The Morgan fingerprint density at radius 2 is 1.58 bits per heavy atom. The number of benzene rings is 4. The molecule has 0 radical (unpaired) electrons. The molecule has 2 aliphatic heterocycles. The number of ether oxygens (including phenoxy) is 2. The average molecular weight is 605 g/mol. The SMILES string of the molecule is COc1ccc(C(C)(C)[C@H]2[C@H](CCO)O[C@@]3(C(=O)N(Cc4ccc(N(C=O)c5ccccc5)cc4)c4ccccc43)[C@@H]2C)cc1. The molecule has 0 saturated carbocycles. The maximum absolute atomic E-state index is 14.7. The van der Waals surface area contributed by atoms with Crippen LogP contribution >= 0.6 is 0 Å². The summed E-state index contributed by atoms with van der Waals surface area (Å²) in [6, 6.07) is 33.2. The van der Waals surface area contributed by atoms with Crippen molar-refractivity contribution in [3.05, 3.63) is 120 Å². The Morgan fingerprint density at radius 1 is 0.933 bits per heavy atom. The number of carbonyl (C=O) groups excluding carboxylic acids is 2. The van der Waals surface area contributed by atoms with Crippen LogP contribution in [0.1, 0.15) is 43.9 Å². The first kappa shape index (κ1) is 30.6. The molecule has 7 heteroatoms. The summed E-state index contributed by atoms with van der Waals surface area (Å²) < 4.78 is 12.3. The maximum Gasteiger partial charge on any atom is 0.264 e. The van der Waals surface area contributed by atoms with Crippen LogP contribution in [-0.4, -0.2) is 37.2 Å². The number of methoxy groups -OCH3 is 1. The summed E-state index contributed by atoms with van der Waals surface area (Å²) in [6.07, 6.45) is 0.910. The second kappa shape index (κ2) is 12.1. The highest BCUT2D eigenvalue weighted by Gasteiger charge is 2.65. The standard InChI is InChI=1S/C38H40N2O5/c1-26-35(37(2,3)28-16-20-31(44-4)21-17-28)34(22-23-41)45-38(26)32-12-8-9-13-33(32)39(36(38)43)24-27-14-18-30(19-15-27)40(25-42)29-10-6-5-7-11-29/h5-21,25-26,34-35,41H,22-24H2,1-4H3/t26-,34+,35-,38+/m1/s1. The second-order valence-corrected chi connectivity index (χ2v) is 12.6. The fourth-order valence-corrected chi connectivity index (χ4v) is 7.63. The Balaban J connectivity index is 1.33. The molecule has 0 unspecified atom stereocenters. The van der Waals surface area contributed by atoms with Gasteiger partial charge in [0, 0.05) is 35.4 Å². The summed E-state index contributed by atoms with van der Waals surface area (Å²) in [7, 11) is 1.65. The molecule has 2 aliphatic rings. The molecule has 7 nitrogen and oxygen atoms in total. The summed E-state index contributed by atoms with van der Waals surface area (Å²) in [6.45, 7) is 6.85. The molecule has 4 aromatic rings. The predicted molar refractivity (Wildman–Crippen MR) is 176 cm³/mol. The van der Waals surface area contributed by atoms with E-state index < -0.39 is 5.60 Å². The van der Waals surface area contributed by atoms with Gasteiger partial charge < -0.3 is 19.5 Å². The molecule has 1 spiro atoms. The van der Waals surface area contributed by atoms with Crippen LogP contribution in [-0.2, 0) is 31.9 Å². The lowest BCUT2D eigenvalue weighted by atomic mass is 9.63. The zero-order valence-electron chi connectivity index (χ0n) is 26.2. The van der Waals surface area contributed by atoms with Crippen molar-refractivity contribution in [2.75, 3.05) is 23.5 Å². The number of para-hydroxylation sites is 2. The molecule has 4 aromatic carbocycles. The fraction of sp³-hybridized carbons (Fsp3) is 0.316. The van der Waals surface area contributed by atoms with Gasteiger partial charge in [0.1, 0.15) is 5.75 Å². The normalized spacial score (nSPS) is 22.5. The first-order valence-corrected chi connectivity index (χ1v) is 15.5. The quantitative estimate of drug-likeness (QED) is 0.203. The smallest absolute Gasteiger partial charge is 0.264 e. The van der Waals surface area contributed by atoms with Crippen LogP contribution in [0.3, 0.4) is 0 Å². The van der Waals surface area contributed by atoms with Gasteiger partial charge in [0.15, 0.2) is 5.60 Å². The van der Waals surface area contributed by atoms with E-state index in [-0.39, 0.29) is 35.9 Å². The van der Waals surface area contributed by atoms with Gasteiger partial charge in [-0.05, 0) is 65.4 Å². The van der Waals surface area contributed by atoms with Crippen LogP contribution in [0, 0.1) is 11.8 Å². The van der Waals surface area contributed by atoms with Gasteiger partial charge in [-0.3, -0.25) is 14.5 Å². The number of aliphatic hydroxyl groups excluding tert-OH is 1. The molecule has 0 bridgehead atoms. The fourth-order valence-electron chi connectivity index (χ4n) is 7.63. The minimum Gasteiger partial charge on any atom is -0.497 e.